The van der Waals surface area contributed by atoms with Crippen LogP contribution in [0, 0.1) is 0 Å². The van der Waals surface area contributed by atoms with Crippen LogP contribution in [0.1, 0.15) is 32.1 Å². The van der Waals surface area contributed by atoms with Crippen molar-refractivity contribution < 1.29 is 9.15 Å². The summed E-state index contributed by atoms with van der Waals surface area (Å²) in [5, 5.41) is 3.95. The first-order valence-corrected chi connectivity index (χ1v) is 6.85. The van der Waals surface area contributed by atoms with Crippen LogP contribution in [-0.4, -0.2) is 10.5 Å². The zero-order valence-electron chi connectivity index (χ0n) is 11.9. The Balaban J connectivity index is 1.95. The molecule has 2 aromatic heterocycles. The first-order chi connectivity index (χ1) is 9.44. The number of nitrogens with zero attached hydrogens (tertiary/aromatic N) is 1. The number of hydrogen-bond acceptors (Lipinski definition) is 4. The predicted octanol–water partition coefficient (Wildman–Crippen LogP) is 3.80. The molecule has 2 aromatic rings. The Labute approximate surface area is 124 Å². The van der Waals surface area contributed by atoms with Gasteiger partial charge in [-0.1, -0.05) is 11.6 Å². The summed E-state index contributed by atoms with van der Waals surface area (Å²) in [6, 6.07) is 3.65. The summed E-state index contributed by atoms with van der Waals surface area (Å²) in [7, 11) is 0. The highest BCUT2D eigenvalue weighted by molar-refractivity contribution is 6.30. The third kappa shape index (κ3) is 4.54. The molecule has 0 saturated heterocycles. The number of pyridine rings is 1. The largest absolute Gasteiger partial charge is 0.487 e. The average molecular weight is 295 g/mol. The van der Waals surface area contributed by atoms with Crippen LogP contribution in [0.25, 0.3) is 0 Å². The Kier molecular flexibility index (Phi) is 4.68. The third-order valence-electron chi connectivity index (χ3n) is 2.69. The van der Waals surface area contributed by atoms with E-state index in [0.29, 0.717) is 23.9 Å². The lowest BCUT2D eigenvalue weighted by molar-refractivity contribution is 0.298. The Morgan fingerprint density at radius 3 is 2.85 bits per heavy atom. The molecular formula is C15H19ClN2O2. The molecule has 0 amide bonds. The van der Waals surface area contributed by atoms with Crippen molar-refractivity contribution in [1.29, 1.82) is 0 Å². The molecule has 0 unspecified atom stereocenters. The van der Waals surface area contributed by atoms with E-state index >= 15 is 0 Å². The van der Waals surface area contributed by atoms with Crippen molar-refractivity contribution in [2.75, 3.05) is 0 Å². The number of hydrogen-bond donors (Lipinski definition) is 1. The standard InChI is InChI=1S/C15H19ClN2O2/c1-15(2,3)18-9-14-11(4-5-19-14)10-20-13-6-12(16)7-17-8-13/h4-8,18H,9-10H2,1-3H3. The molecule has 0 aliphatic heterocycles. The Bertz CT molecular complexity index is 561. The smallest absolute Gasteiger partial charge is 0.139 e. The van der Waals surface area contributed by atoms with Crippen LogP contribution in [0.3, 0.4) is 0 Å². The van der Waals surface area contributed by atoms with Crippen LogP contribution >= 0.6 is 11.6 Å². The minimum absolute atomic E-state index is 0.0434. The summed E-state index contributed by atoms with van der Waals surface area (Å²) in [6.07, 6.45) is 4.89. The maximum atomic E-state index is 5.87. The number of nitrogens with one attached hydrogen (secondary N) is 1. The van der Waals surface area contributed by atoms with Gasteiger partial charge in [0.05, 0.1) is 24.0 Å². The zero-order valence-corrected chi connectivity index (χ0v) is 12.7. The van der Waals surface area contributed by atoms with Crippen molar-refractivity contribution in [3.05, 3.63) is 47.1 Å². The van der Waals surface area contributed by atoms with E-state index in [1.54, 1.807) is 24.7 Å². The molecule has 0 fully saturated rings. The highest BCUT2D eigenvalue weighted by atomic mass is 35.5. The SMILES string of the molecule is CC(C)(C)NCc1occc1COc1cncc(Cl)c1. The third-order valence-corrected chi connectivity index (χ3v) is 2.90. The Hall–Kier alpha value is -1.52. The number of aromatic nitrogens is 1. The van der Waals surface area contributed by atoms with E-state index in [1.807, 2.05) is 6.07 Å². The van der Waals surface area contributed by atoms with E-state index in [-0.39, 0.29) is 5.54 Å². The van der Waals surface area contributed by atoms with E-state index in [1.165, 1.54) is 0 Å². The molecule has 20 heavy (non-hydrogen) atoms. The van der Waals surface area contributed by atoms with Crippen LogP contribution < -0.4 is 10.1 Å². The first-order valence-electron chi connectivity index (χ1n) is 6.48. The fraction of sp³-hybridized carbons (Fsp3) is 0.400. The van der Waals surface area contributed by atoms with Gasteiger partial charge in [0.15, 0.2) is 0 Å². The molecule has 2 heterocycles. The number of halogens is 1. The van der Waals surface area contributed by atoms with Crippen LogP contribution in [0.4, 0.5) is 0 Å². The van der Waals surface area contributed by atoms with Crippen LogP contribution in [0.2, 0.25) is 5.02 Å². The quantitative estimate of drug-likeness (QED) is 0.911. The van der Waals surface area contributed by atoms with Crippen molar-refractivity contribution in [2.24, 2.45) is 0 Å². The molecule has 0 aliphatic carbocycles. The molecule has 1 N–H and O–H groups in total. The van der Waals surface area contributed by atoms with Gasteiger partial charge in [-0.15, -0.1) is 0 Å². The molecule has 0 radical (unpaired) electrons. The minimum atomic E-state index is 0.0434. The summed E-state index contributed by atoms with van der Waals surface area (Å²) in [6.45, 7) is 7.44. The molecule has 5 heteroatoms. The summed E-state index contributed by atoms with van der Waals surface area (Å²) in [4.78, 5) is 3.98. The normalized spacial score (nSPS) is 11.6. The fourth-order valence-corrected chi connectivity index (χ4v) is 1.79. The van der Waals surface area contributed by atoms with Crippen molar-refractivity contribution in [1.82, 2.24) is 10.3 Å². The van der Waals surface area contributed by atoms with Gasteiger partial charge in [-0.25, -0.2) is 0 Å². The van der Waals surface area contributed by atoms with E-state index in [9.17, 15) is 0 Å². The van der Waals surface area contributed by atoms with Crippen molar-refractivity contribution in [2.45, 2.75) is 39.5 Å². The van der Waals surface area contributed by atoms with Gasteiger partial charge in [-0.3, -0.25) is 4.98 Å². The fourth-order valence-electron chi connectivity index (χ4n) is 1.63. The molecule has 0 aromatic carbocycles. The second-order valence-corrected chi connectivity index (χ2v) is 6.04. The molecule has 0 saturated carbocycles. The second kappa shape index (κ2) is 6.29. The zero-order chi connectivity index (χ0) is 14.6. The first kappa shape index (κ1) is 14.9. The van der Waals surface area contributed by atoms with E-state index in [0.717, 1.165) is 11.3 Å². The van der Waals surface area contributed by atoms with E-state index in [2.05, 4.69) is 31.1 Å². The lowest BCUT2D eigenvalue weighted by Gasteiger charge is -2.20. The minimum Gasteiger partial charge on any atom is -0.487 e. The topological polar surface area (TPSA) is 47.3 Å². The monoisotopic (exact) mass is 294 g/mol. The maximum absolute atomic E-state index is 5.87. The predicted molar refractivity (Wildman–Crippen MR) is 78.9 cm³/mol. The summed E-state index contributed by atoms with van der Waals surface area (Å²) >= 11 is 5.87. The molecule has 108 valence electrons. The second-order valence-electron chi connectivity index (χ2n) is 5.60. The van der Waals surface area contributed by atoms with Gasteiger partial charge >= 0.3 is 0 Å². The van der Waals surface area contributed by atoms with Crippen LogP contribution in [0.15, 0.2) is 35.2 Å². The lowest BCUT2D eigenvalue weighted by Crippen LogP contribution is -2.35. The maximum Gasteiger partial charge on any atom is 0.139 e. The summed E-state index contributed by atoms with van der Waals surface area (Å²) in [5.41, 5.74) is 1.06. The molecule has 0 aliphatic rings. The average Bonchev–Trinajstić information content (AvgIpc) is 2.81. The van der Waals surface area contributed by atoms with Crippen LogP contribution in [-0.2, 0) is 13.2 Å². The highest BCUT2D eigenvalue weighted by Gasteiger charge is 2.13. The summed E-state index contributed by atoms with van der Waals surface area (Å²) < 4.78 is 11.2. The van der Waals surface area contributed by atoms with Gasteiger partial charge in [0.2, 0.25) is 0 Å². The molecule has 0 bridgehead atoms. The van der Waals surface area contributed by atoms with Gasteiger partial charge < -0.3 is 14.5 Å². The summed E-state index contributed by atoms with van der Waals surface area (Å²) in [5.74, 6) is 1.53. The van der Waals surface area contributed by atoms with E-state index in [4.69, 9.17) is 20.8 Å². The molecule has 2 rings (SSSR count). The molecular weight excluding hydrogens is 276 g/mol. The van der Waals surface area contributed by atoms with Crippen molar-refractivity contribution >= 4 is 11.6 Å². The van der Waals surface area contributed by atoms with E-state index < -0.39 is 0 Å². The van der Waals surface area contributed by atoms with Gasteiger partial charge in [0.1, 0.15) is 18.1 Å². The molecule has 4 nitrogen and oxygen atoms in total. The van der Waals surface area contributed by atoms with Gasteiger partial charge in [-0.2, -0.15) is 0 Å². The lowest BCUT2D eigenvalue weighted by atomic mass is 10.1. The number of ether oxygens (including phenoxy) is 1. The van der Waals surface area contributed by atoms with Gasteiger partial charge in [0, 0.05) is 23.4 Å². The number of furan rings is 1. The van der Waals surface area contributed by atoms with Gasteiger partial charge in [-0.05, 0) is 26.8 Å². The van der Waals surface area contributed by atoms with Gasteiger partial charge in [0.25, 0.3) is 0 Å². The Morgan fingerprint density at radius 2 is 2.15 bits per heavy atom. The van der Waals surface area contributed by atoms with Crippen molar-refractivity contribution in [3.8, 4) is 5.75 Å². The highest BCUT2D eigenvalue weighted by Crippen LogP contribution is 2.18. The number of rotatable bonds is 5. The van der Waals surface area contributed by atoms with Crippen LogP contribution in [0.5, 0.6) is 5.75 Å². The molecule has 0 spiro atoms. The van der Waals surface area contributed by atoms with Crippen molar-refractivity contribution in [3.63, 3.8) is 0 Å². The molecule has 0 atom stereocenters. The Morgan fingerprint density at radius 1 is 1.35 bits per heavy atom.